The summed E-state index contributed by atoms with van der Waals surface area (Å²) < 4.78 is 5.26. The summed E-state index contributed by atoms with van der Waals surface area (Å²) in [7, 11) is 1.98. The summed E-state index contributed by atoms with van der Waals surface area (Å²) in [6.07, 6.45) is 0.970. The Morgan fingerprint density at radius 1 is 1.35 bits per heavy atom. The fraction of sp³-hybridized carbons (Fsp3) is 0.333. The summed E-state index contributed by atoms with van der Waals surface area (Å²) in [6, 6.07) is 8.93. The second-order valence-corrected chi connectivity index (χ2v) is 5.93. The molecule has 0 fully saturated rings. The van der Waals surface area contributed by atoms with Crippen molar-refractivity contribution in [2.75, 3.05) is 7.05 Å². The zero-order valence-corrected chi connectivity index (χ0v) is 12.7. The van der Waals surface area contributed by atoms with E-state index in [0.29, 0.717) is 6.04 Å². The van der Waals surface area contributed by atoms with E-state index in [1.807, 2.05) is 14.0 Å². The average Bonchev–Trinajstić information content (AvgIpc) is 2.75. The van der Waals surface area contributed by atoms with Gasteiger partial charge in [-0.3, -0.25) is 0 Å². The molecule has 2 aromatic rings. The molecule has 1 aromatic heterocycles. The Morgan fingerprint density at radius 2 is 2.06 bits per heavy atom. The van der Waals surface area contributed by atoms with Crippen molar-refractivity contribution in [1.29, 1.82) is 0 Å². The van der Waals surface area contributed by atoms with Crippen LogP contribution in [0.2, 0.25) is 0 Å². The monoisotopic (exact) mass is 359 g/mol. The normalized spacial score (nSPS) is 12.6. The standard InChI is InChI=1S/C12H14IN3S/c1-8-12(17-16-15-8)11(14-2)7-9-3-5-10(13)6-4-9/h3-6,11,14H,7H2,1-2H3. The highest BCUT2D eigenvalue weighted by Gasteiger charge is 2.15. The molecule has 1 N–H and O–H groups in total. The van der Waals surface area contributed by atoms with Gasteiger partial charge in [0.1, 0.15) is 0 Å². The number of nitrogens with zero attached hydrogens (tertiary/aromatic N) is 2. The van der Waals surface area contributed by atoms with Crippen molar-refractivity contribution in [1.82, 2.24) is 14.9 Å². The maximum Gasteiger partial charge on any atom is 0.0772 e. The Bertz CT molecular complexity index is 481. The van der Waals surface area contributed by atoms with E-state index in [1.165, 1.54) is 25.5 Å². The summed E-state index contributed by atoms with van der Waals surface area (Å²) in [5, 5.41) is 7.41. The van der Waals surface area contributed by atoms with Crippen LogP contribution in [0.4, 0.5) is 0 Å². The second-order valence-electron chi connectivity index (χ2n) is 3.89. The molecule has 5 heteroatoms. The first kappa shape index (κ1) is 12.9. The van der Waals surface area contributed by atoms with Crippen LogP contribution in [0.5, 0.6) is 0 Å². The van der Waals surface area contributed by atoms with Crippen molar-refractivity contribution in [3.05, 3.63) is 44.0 Å². The van der Waals surface area contributed by atoms with E-state index in [2.05, 4.69) is 61.8 Å². The van der Waals surface area contributed by atoms with Crippen molar-refractivity contribution >= 4 is 34.1 Å². The van der Waals surface area contributed by atoms with Crippen molar-refractivity contribution in [3.63, 3.8) is 0 Å². The lowest BCUT2D eigenvalue weighted by Crippen LogP contribution is -2.18. The van der Waals surface area contributed by atoms with Gasteiger partial charge in [0.15, 0.2) is 0 Å². The molecule has 2 rings (SSSR count). The quantitative estimate of drug-likeness (QED) is 0.853. The maximum absolute atomic E-state index is 4.07. The Labute approximate surface area is 119 Å². The van der Waals surface area contributed by atoms with Crippen LogP contribution < -0.4 is 5.32 Å². The lowest BCUT2D eigenvalue weighted by atomic mass is 10.0. The molecule has 17 heavy (non-hydrogen) atoms. The molecule has 90 valence electrons. The van der Waals surface area contributed by atoms with Crippen molar-refractivity contribution in [2.24, 2.45) is 0 Å². The zero-order valence-electron chi connectivity index (χ0n) is 9.77. The maximum atomic E-state index is 4.07. The first-order valence-corrected chi connectivity index (χ1v) is 7.26. The predicted molar refractivity (Wildman–Crippen MR) is 79.3 cm³/mol. The fourth-order valence-electron chi connectivity index (χ4n) is 1.74. The second kappa shape index (κ2) is 5.88. The Balaban J connectivity index is 2.16. The van der Waals surface area contributed by atoms with Gasteiger partial charge in [0.25, 0.3) is 0 Å². The highest BCUT2D eigenvalue weighted by Crippen LogP contribution is 2.23. The summed E-state index contributed by atoms with van der Waals surface area (Å²) in [5.41, 5.74) is 2.36. The molecule has 0 radical (unpaired) electrons. The number of nitrogens with one attached hydrogen (secondary N) is 1. The first-order valence-electron chi connectivity index (χ1n) is 5.41. The van der Waals surface area contributed by atoms with Crippen LogP contribution in [0.25, 0.3) is 0 Å². The highest BCUT2D eigenvalue weighted by atomic mass is 127. The highest BCUT2D eigenvalue weighted by molar-refractivity contribution is 14.1. The van der Waals surface area contributed by atoms with Gasteiger partial charge in [-0.25, -0.2) is 0 Å². The molecule has 3 nitrogen and oxygen atoms in total. The van der Waals surface area contributed by atoms with E-state index in [1.54, 1.807) is 0 Å². The smallest absolute Gasteiger partial charge is 0.0772 e. The van der Waals surface area contributed by atoms with Gasteiger partial charge in [0, 0.05) is 9.61 Å². The number of likely N-dealkylation sites (N-methyl/N-ethyl adjacent to an activating group) is 1. The first-order chi connectivity index (χ1) is 8.20. The van der Waals surface area contributed by atoms with Crippen molar-refractivity contribution in [3.8, 4) is 0 Å². The van der Waals surface area contributed by atoms with Crippen LogP contribution in [-0.4, -0.2) is 16.6 Å². The summed E-state index contributed by atoms with van der Waals surface area (Å²) >= 11 is 3.80. The molecule has 1 aromatic carbocycles. The molecule has 0 amide bonds. The third-order valence-corrected chi connectivity index (χ3v) is 4.36. The molecule has 0 saturated heterocycles. The number of rotatable bonds is 4. The molecule has 0 saturated carbocycles. The van der Waals surface area contributed by atoms with Crippen LogP contribution >= 0.6 is 34.1 Å². The van der Waals surface area contributed by atoms with E-state index >= 15 is 0 Å². The summed E-state index contributed by atoms with van der Waals surface area (Å²) in [4.78, 5) is 1.23. The molecule has 0 spiro atoms. The minimum atomic E-state index is 0.301. The average molecular weight is 359 g/mol. The third kappa shape index (κ3) is 3.23. The molecule has 0 aliphatic heterocycles. The molecule has 0 aliphatic carbocycles. The number of halogens is 1. The number of aryl methyl sites for hydroxylation is 1. The van der Waals surface area contributed by atoms with Gasteiger partial charge in [-0.2, -0.15) is 0 Å². The van der Waals surface area contributed by atoms with E-state index in [9.17, 15) is 0 Å². The molecule has 0 aliphatic rings. The number of hydrogen-bond donors (Lipinski definition) is 1. The molecule has 1 unspecified atom stereocenters. The van der Waals surface area contributed by atoms with Gasteiger partial charge in [-0.1, -0.05) is 16.6 Å². The van der Waals surface area contributed by atoms with Crippen LogP contribution in [0.15, 0.2) is 24.3 Å². The topological polar surface area (TPSA) is 37.8 Å². The molecular formula is C12H14IN3S. The minimum absolute atomic E-state index is 0.301. The third-order valence-electron chi connectivity index (χ3n) is 2.70. The van der Waals surface area contributed by atoms with Crippen LogP contribution in [0.1, 0.15) is 22.2 Å². The van der Waals surface area contributed by atoms with E-state index in [-0.39, 0.29) is 0 Å². The Hall–Kier alpha value is -0.530. The summed E-state index contributed by atoms with van der Waals surface area (Å²) in [6.45, 7) is 2.01. The Kier molecular flexibility index (Phi) is 4.47. The molecule has 1 heterocycles. The Morgan fingerprint density at radius 3 is 2.59 bits per heavy atom. The van der Waals surface area contributed by atoms with Gasteiger partial charge in [0.2, 0.25) is 0 Å². The van der Waals surface area contributed by atoms with Crippen LogP contribution in [0.3, 0.4) is 0 Å². The van der Waals surface area contributed by atoms with Gasteiger partial charge in [0.05, 0.1) is 10.6 Å². The molecule has 1 atom stereocenters. The van der Waals surface area contributed by atoms with Gasteiger partial charge >= 0.3 is 0 Å². The predicted octanol–water partition coefficient (Wildman–Crippen LogP) is 2.95. The van der Waals surface area contributed by atoms with E-state index in [4.69, 9.17) is 0 Å². The van der Waals surface area contributed by atoms with Gasteiger partial charge in [-0.15, -0.1) is 5.10 Å². The molecule has 0 bridgehead atoms. The minimum Gasteiger partial charge on any atom is -0.312 e. The van der Waals surface area contributed by atoms with Gasteiger partial charge < -0.3 is 5.32 Å². The number of benzene rings is 1. The zero-order chi connectivity index (χ0) is 12.3. The number of hydrogen-bond acceptors (Lipinski definition) is 4. The van der Waals surface area contributed by atoms with Gasteiger partial charge in [-0.05, 0) is 72.2 Å². The van der Waals surface area contributed by atoms with Crippen LogP contribution in [0, 0.1) is 10.5 Å². The molecular weight excluding hydrogens is 345 g/mol. The van der Waals surface area contributed by atoms with E-state index in [0.717, 1.165) is 12.1 Å². The van der Waals surface area contributed by atoms with E-state index < -0.39 is 0 Å². The lowest BCUT2D eigenvalue weighted by molar-refractivity contribution is 0.597. The summed E-state index contributed by atoms with van der Waals surface area (Å²) in [5.74, 6) is 0. The van der Waals surface area contributed by atoms with Crippen molar-refractivity contribution in [2.45, 2.75) is 19.4 Å². The van der Waals surface area contributed by atoms with Crippen molar-refractivity contribution < 1.29 is 0 Å². The fourth-order valence-corrected chi connectivity index (χ4v) is 2.85. The van der Waals surface area contributed by atoms with Crippen LogP contribution in [-0.2, 0) is 6.42 Å². The SMILES string of the molecule is CNC(Cc1ccc(I)cc1)c1snnc1C. The number of aromatic nitrogens is 2. The lowest BCUT2D eigenvalue weighted by Gasteiger charge is -2.14. The largest absolute Gasteiger partial charge is 0.312 e.